The van der Waals surface area contributed by atoms with E-state index >= 15 is 0 Å². The van der Waals surface area contributed by atoms with Crippen LogP contribution in [-0.4, -0.2) is 42.4 Å². The minimum Gasteiger partial charge on any atom is -0.357 e. The Bertz CT molecular complexity index is 614. The van der Waals surface area contributed by atoms with E-state index in [1.165, 1.54) is 10.4 Å². The predicted octanol–water partition coefficient (Wildman–Crippen LogP) is 2.30. The fraction of sp³-hybridized carbons (Fsp3) is 0.556. The van der Waals surface area contributed by atoms with Gasteiger partial charge in [-0.05, 0) is 43.2 Å². The van der Waals surface area contributed by atoms with Crippen LogP contribution in [0.4, 0.5) is 0 Å². The Labute approximate surface area is 147 Å². The second-order valence-corrected chi connectivity index (χ2v) is 7.23. The molecule has 0 fully saturated rings. The zero-order chi connectivity index (χ0) is 16.8. The van der Waals surface area contributed by atoms with Crippen molar-refractivity contribution in [2.24, 2.45) is 4.99 Å². The lowest BCUT2D eigenvalue weighted by Gasteiger charge is -2.27. The normalized spacial score (nSPS) is 17.9. The van der Waals surface area contributed by atoms with E-state index in [1.807, 2.05) is 4.90 Å². The maximum Gasteiger partial charge on any atom is 0.224 e. The van der Waals surface area contributed by atoms with Gasteiger partial charge in [0.15, 0.2) is 5.96 Å². The zero-order valence-electron chi connectivity index (χ0n) is 14.3. The number of amides is 1. The molecular weight excluding hydrogens is 320 g/mol. The van der Waals surface area contributed by atoms with Crippen LogP contribution in [0, 0.1) is 0 Å². The highest BCUT2D eigenvalue weighted by molar-refractivity contribution is 7.10. The lowest BCUT2D eigenvalue weighted by Crippen LogP contribution is -2.42. The van der Waals surface area contributed by atoms with Crippen LogP contribution in [-0.2, 0) is 17.8 Å². The topological polar surface area (TPSA) is 56.7 Å². The second-order valence-electron chi connectivity index (χ2n) is 6.23. The van der Waals surface area contributed by atoms with Gasteiger partial charge in [-0.2, -0.15) is 0 Å². The number of hydrogen-bond acceptors (Lipinski definition) is 3. The molecule has 0 radical (unpaired) electrons. The van der Waals surface area contributed by atoms with Gasteiger partial charge in [-0.1, -0.05) is 12.2 Å². The lowest BCUT2D eigenvalue weighted by molar-refractivity contribution is -0.131. The molecule has 0 saturated heterocycles. The molecule has 1 amide bonds. The van der Waals surface area contributed by atoms with Gasteiger partial charge in [0.05, 0.1) is 6.54 Å². The molecule has 2 aliphatic rings. The molecule has 1 aromatic heterocycles. The van der Waals surface area contributed by atoms with Gasteiger partial charge in [-0.3, -0.25) is 9.79 Å². The SMILES string of the molecule is CCNC(=NCCC(=O)N1CCc2sccc2C1)NC1CC=CC1. The van der Waals surface area contributed by atoms with E-state index in [1.54, 1.807) is 11.3 Å². The van der Waals surface area contributed by atoms with Crippen LogP contribution in [0.5, 0.6) is 0 Å². The molecule has 2 N–H and O–H groups in total. The molecule has 1 aromatic rings. The number of hydrogen-bond donors (Lipinski definition) is 2. The van der Waals surface area contributed by atoms with Gasteiger partial charge in [0.1, 0.15) is 0 Å². The highest BCUT2D eigenvalue weighted by Gasteiger charge is 2.21. The summed E-state index contributed by atoms with van der Waals surface area (Å²) in [4.78, 5) is 20.4. The number of fused-ring (bicyclic) bond motifs is 1. The van der Waals surface area contributed by atoms with Crippen LogP contribution >= 0.6 is 11.3 Å². The van der Waals surface area contributed by atoms with Crippen molar-refractivity contribution in [3.05, 3.63) is 34.0 Å². The van der Waals surface area contributed by atoms with Crippen molar-refractivity contribution in [1.29, 1.82) is 0 Å². The number of thiophene rings is 1. The van der Waals surface area contributed by atoms with Gasteiger partial charge in [-0.15, -0.1) is 11.3 Å². The van der Waals surface area contributed by atoms with E-state index in [-0.39, 0.29) is 5.91 Å². The predicted molar refractivity (Wildman–Crippen MR) is 99.3 cm³/mol. The molecule has 1 aliphatic heterocycles. The summed E-state index contributed by atoms with van der Waals surface area (Å²) in [7, 11) is 0. The zero-order valence-corrected chi connectivity index (χ0v) is 15.1. The van der Waals surface area contributed by atoms with Crippen molar-refractivity contribution in [2.45, 2.75) is 45.2 Å². The molecule has 3 rings (SSSR count). The van der Waals surface area contributed by atoms with Crippen molar-refractivity contribution in [3.63, 3.8) is 0 Å². The fourth-order valence-corrected chi connectivity index (χ4v) is 4.02. The molecule has 0 unspecified atom stereocenters. The molecule has 24 heavy (non-hydrogen) atoms. The summed E-state index contributed by atoms with van der Waals surface area (Å²) in [5.41, 5.74) is 1.31. The van der Waals surface area contributed by atoms with Crippen LogP contribution in [0.1, 0.15) is 36.6 Å². The maximum absolute atomic E-state index is 12.4. The van der Waals surface area contributed by atoms with Crippen LogP contribution in [0.2, 0.25) is 0 Å². The molecule has 6 heteroatoms. The van der Waals surface area contributed by atoms with Crippen LogP contribution in [0.15, 0.2) is 28.6 Å². The summed E-state index contributed by atoms with van der Waals surface area (Å²) in [5.74, 6) is 1.02. The van der Waals surface area contributed by atoms with Gasteiger partial charge in [0.25, 0.3) is 0 Å². The van der Waals surface area contributed by atoms with Crippen molar-refractivity contribution in [1.82, 2.24) is 15.5 Å². The first-order chi connectivity index (χ1) is 11.8. The number of carbonyl (C=O) groups is 1. The summed E-state index contributed by atoms with van der Waals surface area (Å²) < 4.78 is 0. The third-order valence-corrected chi connectivity index (χ3v) is 5.47. The Kier molecular flexibility index (Phi) is 5.91. The highest BCUT2D eigenvalue weighted by Crippen LogP contribution is 2.24. The molecule has 2 heterocycles. The summed E-state index contributed by atoms with van der Waals surface area (Å²) in [5, 5.41) is 8.81. The van der Waals surface area contributed by atoms with E-state index in [0.29, 0.717) is 19.0 Å². The molecule has 0 bridgehead atoms. The molecule has 0 aromatic carbocycles. The number of nitrogens with zero attached hydrogens (tertiary/aromatic N) is 2. The third kappa shape index (κ3) is 4.38. The van der Waals surface area contributed by atoms with Crippen LogP contribution < -0.4 is 10.6 Å². The Morgan fingerprint density at radius 2 is 2.25 bits per heavy atom. The average Bonchev–Trinajstić information content (AvgIpc) is 3.25. The maximum atomic E-state index is 12.4. The summed E-state index contributed by atoms with van der Waals surface area (Å²) in [6.07, 6.45) is 7.93. The summed E-state index contributed by atoms with van der Waals surface area (Å²) in [6.45, 7) is 5.01. The summed E-state index contributed by atoms with van der Waals surface area (Å²) in [6, 6.07) is 2.57. The first-order valence-electron chi connectivity index (χ1n) is 8.79. The van der Waals surface area contributed by atoms with Gasteiger partial charge < -0.3 is 15.5 Å². The Balaban J connectivity index is 1.47. The minimum atomic E-state index is 0.203. The van der Waals surface area contributed by atoms with Crippen LogP contribution in [0.25, 0.3) is 0 Å². The minimum absolute atomic E-state index is 0.203. The molecule has 1 aliphatic carbocycles. The van der Waals surface area contributed by atoms with Crippen molar-refractivity contribution in [3.8, 4) is 0 Å². The van der Waals surface area contributed by atoms with Crippen LogP contribution in [0.3, 0.4) is 0 Å². The lowest BCUT2D eigenvalue weighted by atomic mass is 10.1. The first kappa shape index (κ1) is 17.0. The second kappa shape index (κ2) is 8.33. The molecule has 0 atom stereocenters. The van der Waals surface area contributed by atoms with E-state index < -0.39 is 0 Å². The molecular formula is C18H26N4OS. The monoisotopic (exact) mass is 346 g/mol. The molecule has 5 nitrogen and oxygen atoms in total. The number of aliphatic imine (C=N–C) groups is 1. The summed E-state index contributed by atoms with van der Waals surface area (Å²) >= 11 is 1.80. The Morgan fingerprint density at radius 3 is 3.04 bits per heavy atom. The molecule has 0 saturated carbocycles. The highest BCUT2D eigenvalue weighted by atomic mass is 32.1. The van der Waals surface area contributed by atoms with Crippen molar-refractivity contribution < 1.29 is 4.79 Å². The van der Waals surface area contributed by atoms with Crippen molar-refractivity contribution in [2.75, 3.05) is 19.6 Å². The number of nitrogens with one attached hydrogen (secondary N) is 2. The Morgan fingerprint density at radius 1 is 1.42 bits per heavy atom. The number of rotatable bonds is 5. The molecule has 130 valence electrons. The van der Waals surface area contributed by atoms with Gasteiger partial charge in [-0.25, -0.2) is 0 Å². The van der Waals surface area contributed by atoms with E-state index in [9.17, 15) is 4.79 Å². The Hall–Kier alpha value is -1.82. The quantitative estimate of drug-likeness (QED) is 0.489. The standard InChI is InChI=1S/C18H26N4OS/c1-2-19-18(21-15-5-3-4-6-15)20-10-7-17(23)22-11-8-16-14(13-22)9-12-24-16/h3-4,9,12,15H,2,5-8,10-11,13H2,1H3,(H2,19,20,21). The van der Waals surface area contributed by atoms with E-state index in [2.05, 4.69) is 46.1 Å². The third-order valence-electron chi connectivity index (χ3n) is 4.45. The van der Waals surface area contributed by atoms with Gasteiger partial charge in [0, 0.05) is 37.0 Å². The van der Waals surface area contributed by atoms with Crippen molar-refractivity contribution >= 4 is 23.2 Å². The number of carbonyl (C=O) groups excluding carboxylic acids is 1. The number of guanidine groups is 1. The average molecular weight is 347 g/mol. The first-order valence-corrected chi connectivity index (χ1v) is 9.67. The smallest absolute Gasteiger partial charge is 0.224 e. The van der Waals surface area contributed by atoms with Gasteiger partial charge >= 0.3 is 0 Å². The van der Waals surface area contributed by atoms with Gasteiger partial charge in [0.2, 0.25) is 5.91 Å². The van der Waals surface area contributed by atoms with E-state index in [4.69, 9.17) is 0 Å². The largest absolute Gasteiger partial charge is 0.357 e. The van der Waals surface area contributed by atoms with E-state index in [0.717, 1.165) is 44.9 Å². The fourth-order valence-electron chi connectivity index (χ4n) is 3.13. The molecule has 0 spiro atoms.